The zero-order valence-electron chi connectivity index (χ0n) is 20.5. The van der Waals surface area contributed by atoms with Gasteiger partial charge in [0, 0.05) is 17.5 Å². The molecule has 5 nitrogen and oxygen atoms in total. The molecule has 3 rings (SSSR count). The number of nitrogens with zero attached hydrogens (tertiary/aromatic N) is 2. The van der Waals surface area contributed by atoms with E-state index < -0.39 is 17.8 Å². The van der Waals surface area contributed by atoms with Gasteiger partial charge >= 0.3 is 12.2 Å². The highest BCUT2D eigenvalue weighted by molar-refractivity contribution is 7.10. The van der Waals surface area contributed by atoms with Crippen molar-refractivity contribution in [2.45, 2.75) is 52.5 Å². The van der Waals surface area contributed by atoms with Crippen molar-refractivity contribution in [3.8, 4) is 0 Å². The van der Waals surface area contributed by atoms with E-state index in [-0.39, 0.29) is 24.2 Å². The highest BCUT2D eigenvalue weighted by atomic mass is 32.1. The molecule has 3 amide bonds. The van der Waals surface area contributed by atoms with Gasteiger partial charge in [-0.15, -0.1) is 11.3 Å². The molecule has 1 heterocycles. The van der Waals surface area contributed by atoms with E-state index in [1.54, 1.807) is 23.2 Å². The normalized spacial score (nSPS) is 12.2. The Morgan fingerprint density at radius 3 is 2.28 bits per heavy atom. The fourth-order valence-electron chi connectivity index (χ4n) is 3.70. The molecule has 0 saturated heterocycles. The first-order valence-corrected chi connectivity index (χ1v) is 12.6. The summed E-state index contributed by atoms with van der Waals surface area (Å²) < 4.78 is 40.3. The fourth-order valence-corrected chi connectivity index (χ4v) is 4.62. The molecule has 1 N–H and O–H groups in total. The molecule has 0 radical (unpaired) electrons. The topological polar surface area (TPSA) is 52.7 Å². The third-order valence-electron chi connectivity index (χ3n) is 6.04. The van der Waals surface area contributed by atoms with Crippen LogP contribution in [0.15, 0.2) is 66.0 Å². The number of amides is 3. The quantitative estimate of drug-likeness (QED) is 0.334. The number of rotatable bonds is 9. The third-order valence-corrected chi connectivity index (χ3v) is 7.04. The second-order valence-corrected chi connectivity index (χ2v) is 9.62. The van der Waals surface area contributed by atoms with Crippen LogP contribution in [0.3, 0.4) is 0 Å². The maximum atomic E-state index is 13.5. The zero-order chi connectivity index (χ0) is 26.3. The Morgan fingerprint density at radius 2 is 1.67 bits per heavy atom. The molecule has 1 unspecified atom stereocenters. The van der Waals surface area contributed by atoms with Gasteiger partial charge in [0.2, 0.25) is 5.91 Å². The number of carbonyl (C=O) groups excluding carboxylic acids is 2. The minimum atomic E-state index is -4.62. The van der Waals surface area contributed by atoms with E-state index in [0.717, 1.165) is 22.1 Å². The molecular weight excluding hydrogens is 487 g/mol. The smallest absolute Gasteiger partial charge is 0.332 e. The molecule has 0 aliphatic heterocycles. The van der Waals surface area contributed by atoms with Crippen molar-refractivity contribution < 1.29 is 22.8 Å². The van der Waals surface area contributed by atoms with Gasteiger partial charge in [-0.3, -0.25) is 4.79 Å². The van der Waals surface area contributed by atoms with E-state index in [4.69, 9.17) is 0 Å². The van der Waals surface area contributed by atoms with Gasteiger partial charge in [-0.1, -0.05) is 49.4 Å². The van der Waals surface area contributed by atoms with Crippen molar-refractivity contribution in [3.05, 3.63) is 87.6 Å². The SMILES string of the molecule is CCC(C)N(CC(=O)N(Cc1ccccc1)Cc1sccc1C)C(=O)Nc1ccccc1C(F)(F)F. The van der Waals surface area contributed by atoms with Gasteiger partial charge in [0.1, 0.15) is 6.54 Å². The van der Waals surface area contributed by atoms with E-state index in [1.165, 1.54) is 23.1 Å². The lowest BCUT2D eigenvalue weighted by Crippen LogP contribution is -2.48. The van der Waals surface area contributed by atoms with Crippen LogP contribution in [0.5, 0.6) is 0 Å². The lowest BCUT2D eigenvalue weighted by molar-refractivity contribution is -0.137. The van der Waals surface area contributed by atoms with Gasteiger partial charge < -0.3 is 15.1 Å². The fraction of sp³-hybridized carbons (Fsp3) is 0.333. The minimum absolute atomic E-state index is 0.258. The lowest BCUT2D eigenvalue weighted by atomic mass is 10.1. The number of para-hydroxylation sites is 1. The Balaban J connectivity index is 1.83. The summed E-state index contributed by atoms with van der Waals surface area (Å²) in [7, 11) is 0. The highest BCUT2D eigenvalue weighted by Crippen LogP contribution is 2.34. The summed E-state index contributed by atoms with van der Waals surface area (Å²) in [6.45, 7) is 6.08. The number of anilines is 1. The highest BCUT2D eigenvalue weighted by Gasteiger charge is 2.34. The maximum absolute atomic E-state index is 13.5. The molecule has 0 aliphatic rings. The Hall–Kier alpha value is -3.33. The predicted octanol–water partition coefficient (Wildman–Crippen LogP) is 6.94. The van der Waals surface area contributed by atoms with Gasteiger partial charge in [-0.05, 0) is 55.0 Å². The first kappa shape index (κ1) is 27.3. The first-order chi connectivity index (χ1) is 17.1. The number of hydrogen-bond acceptors (Lipinski definition) is 3. The Bertz CT molecular complexity index is 1160. The number of alkyl halides is 3. The summed E-state index contributed by atoms with van der Waals surface area (Å²) >= 11 is 1.55. The van der Waals surface area contributed by atoms with E-state index in [1.807, 2.05) is 55.6 Å². The predicted molar refractivity (Wildman–Crippen MR) is 137 cm³/mol. The number of carbonyl (C=O) groups is 2. The zero-order valence-corrected chi connectivity index (χ0v) is 21.3. The summed E-state index contributed by atoms with van der Waals surface area (Å²) in [5.74, 6) is -0.286. The molecule has 0 fully saturated rings. The van der Waals surface area contributed by atoms with Crippen LogP contribution >= 0.6 is 11.3 Å². The number of nitrogens with one attached hydrogen (secondary N) is 1. The second-order valence-electron chi connectivity index (χ2n) is 8.62. The van der Waals surface area contributed by atoms with E-state index >= 15 is 0 Å². The number of hydrogen-bond donors (Lipinski definition) is 1. The maximum Gasteiger partial charge on any atom is 0.418 e. The Kier molecular flexibility index (Phi) is 9.14. The molecule has 0 aliphatic carbocycles. The summed E-state index contributed by atoms with van der Waals surface area (Å²) in [4.78, 5) is 30.7. The molecule has 192 valence electrons. The Morgan fingerprint density at radius 1 is 1.00 bits per heavy atom. The van der Waals surface area contributed by atoms with Crippen LogP contribution in [0.1, 0.15) is 41.8 Å². The average molecular weight is 518 g/mol. The minimum Gasteiger partial charge on any atom is -0.332 e. The molecule has 2 aromatic carbocycles. The van der Waals surface area contributed by atoms with Crippen molar-refractivity contribution >= 4 is 29.0 Å². The number of benzene rings is 2. The van der Waals surface area contributed by atoms with Crippen LogP contribution in [-0.2, 0) is 24.1 Å². The van der Waals surface area contributed by atoms with Gasteiger partial charge in [-0.25, -0.2) is 4.79 Å². The van der Waals surface area contributed by atoms with Crippen molar-refractivity contribution in [1.82, 2.24) is 9.80 Å². The molecule has 0 bridgehead atoms. The molecule has 36 heavy (non-hydrogen) atoms. The van der Waals surface area contributed by atoms with Crippen LogP contribution in [-0.4, -0.2) is 34.3 Å². The van der Waals surface area contributed by atoms with Crippen LogP contribution in [0.4, 0.5) is 23.7 Å². The largest absolute Gasteiger partial charge is 0.418 e. The molecule has 0 spiro atoms. The molecule has 9 heteroatoms. The van der Waals surface area contributed by atoms with Gasteiger partial charge in [-0.2, -0.15) is 13.2 Å². The number of aryl methyl sites for hydroxylation is 1. The van der Waals surface area contributed by atoms with Crippen molar-refractivity contribution in [3.63, 3.8) is 0 Å². The molecule has 1 atom stereocenters. The molecular formula is C27H30F3N3O2S. The molecule has 0 saturated carbocycles. The van der Waals surface area contributed by atoms with Crippen molar-refractivity contribution in [2.24, 2.45) is 0 Å². The monoisotopic (exact) mass is 517 g/mol. The summed E-state index contributed by atoms with van der Waals surface area (Å²) in [6.07, 6.45) is -4.09. The van der Waals surface area contributed by atoms with Crippen LogP contribution < -0.4 is 5.32 Å². The van der Waals surface area contributed by atoms with Crippen LogP contribution in [0, 0.1) is 6.92 Å². The second kappa shape index (κ2) is 12.1. The van der Waals surface area contributed by atoms with Crippen LogP contribution in [0.25, 0.3) is 0 Å². The summed E-state index contributed by atoms with van der Waals surface area (Å²) in [6, 6.07) is 15.2. The first-order valence-electron chi connectivity index (χ1n) is 11.7. The third kappa shape index (κ3) is 7.10. The summed E-state index contributed by atoms with van der Waals surface area (Å²) in [5, 5.41) is 4.34. The molecule has 3 aromatic rings. The van der Waals surface area contributed by atoms with Gasteiger partial charge in [0.25, 0.3) is 0 Å². The lowest BCUT2D eigenvalue weighted by Gasteiger charge is -2.31. The summed E-state index contributed by atoms with van der Waals surface area (Å²) in [5.41, 5.74) is 0.739. The number of halogens is 3. The van der Waals surface area contributed by atoms with Crippen molar-refractivity contribution in [2.75, 3.05) is 11.9 Å². The number of thiophene rings is 1. The van der Waals surface area contributed by atoms with Crippen LogP contribution in [0.2, 0.25) is 0 Å². The molecule has 1 aromatic heterocycles. The number of urea groups is 1. The standard InChI is InChI=1S/C27H30F3N3O2S/c1-4-20(3)33(26(35)31-23-13-9-8-12-22(23)27(28,29)30)18-25(34)32(16-21-10-6-5-7-11-21)17-24-19(2)14-15-36-24/h5-15,20H,4,16-18H2,1-3H3,(H,31,35). The van der Waals surface area contributed by atoms with E-state index in [2.05, 4.69) is 5.32 Å². The van der Waals surface area contributed by atoms with Crippen molar-refractivity contribution in [1.29, 1.82) is 0 Å². The Labute approximate surface area is 213 Å². The van der Waals surface area contributed by atoms with E-state index in [0.29, 0.717) is 19.5 Å². The van der Waals surface area contributed by atoms with Gasteiger partial charge in [0.15, 0.2) is 0 Å². The average Bonchev–Trinajstić information content (AvgIpc) is 3.25. The van der Waals surface area contributed by atoms with E-state index in [9.17, 15) is 22.8 Å². The van der Waals surface area contributed by atoms with Gasteiger partial charge in [0.05, 0.1) is 17.8 Å².